The molecule has 0 aliphatic carbocycles. The van der Waals surface area contributed by atoms with E-state index in [1.165, 1.54) is 4.68 Å². The lowest BCUT2D eigenvalue weighted by atomic mass is 10.2. The SMILES string of the molecule is CCc1nc(-n2nc(C)cc2NC(=O)c2ccc(Cl)cc2)[nH]c(=O)c1C. The average molecular weight is 372 g/mol. The van der Waals surface area contributed by atoms with Crippen molar-refractivity contribution in [2.45, 2.75) is 27.2 Å². The van der Waals surface area contributed by atoms with E-state index in [4.69, 9.17) is 11.6 Å². The largest absolute Gasteiger partial charge is 0.306 e. The third-order valence-corrected chi connectivity index (χ3v) is 4.21. The van der Waals surface area contributed by atoms with Crippen molar-refractivity contribution in [3.8, 4) is 5.95 Å². The maximum absolute atomic E-state index is 12.5. The zero-order valence-corrected chi connectivity index (χ0v) is 15.4. The number of carbonyl (C=O) groups excluding carboxylic acids is 1. The molecule has 1 amide bonds. The molecule has 3 aromatic rings. The lowest BCUT2D eigenvalue weighted by molar-refractivity contribution is 0.102. The van der Waals surface area contributed by atoms with Crippen LogP contribution in [0.5, 0.6) is 0 Å². The second-order valence-electron chi connectivity index (χ2n) is 5.86. The topological polar surface area (TPSA) is 92.7 Å². The van der Waals surface area contributed by atoms with E-state index in [0.717, 1.165) is 0 Å². The van der Waals surface area contributed by atoms with Gasteiger partial charge in [0.05, 0.1) is 11.4 Å². The van der Waals surface area contributed by atoms with Crippen LogP contribution >= 0.6 is 11.6 Å². The zero-order chi connectivity index (χ0) is 18.8. The van der Waals surface area contributed by atoms with Crippen LogP contribution in [0.15, 0.2) is 35.1 Å². The molecule has 134 valence electrons. The number of hydrogen-bond donors (Lipinski definition) is 2. The van der Waals surface area contributed by atoms with Crippen LogP contribution in [0.3, 0.4) is 0 Å². The number of halogens is 1. The minimum Gasteiger partial charge on any atom is -0.306 e. The molecule has 0 unspecified atom stereocenters. The zero-order valence-electron chi connectivity index (χ0n) is 14.6. The summed E-state index contributed by atoms with van der Waals surface area (Å²) in [6.07, 6.45) is 0.621. The van der Waals surface area contributed by atoms with Crippen LogP contribution in [0.4, 0.5) is 5.82 Å². The first-order chi connectivity index (χ1) is 12.4. The van der Waals surface area contributed by atoms with Crippen LogP contribution < -0.4 is 10.9 Å². The molecular weight excluding hydrogens is 354 g/mol. The van der Waals surface area contributed by atoms with Crippen molar-refractivity contribution in [3.63, 3.8) is 0 Å². The maximum Gasteiger partial charge on any atom is 0.256 e. The standard InChI is InChI=1S/C18H18ClN5O2/c1-4-14-11(3)16(25)22-18(20-14)24-15(9-10(2)23-24)21-17(26)12-5-7-13(19)8-6-12/h5-9H,4H2,1-3H3,(H,21,26)(H,20,22,25). The molecule has 0 aliphatic rings. The summed E-state index contributed by atoms with van der Waals surface area (Å²) in [6, 6.07) is 8.26. The number of nitrogens with one attached hydrogen (secondary N) is 2. The van der Waals surface area contributed by atoms with Crippen LogP contribution in [-0.2, 0) is 6.42 Å². The Morgan fingerprint density at radius 1 is 1.27 bits per heavy atom. The molecule has 0 saturated carbocycles. The van der Waals surface area contributed by atoms with Crippen molar-refractivity contribution in [2.75, 3.05) is 5.32 Å². The van der Waals surface area contributed by atoms with Crippen LogP contribution in [0.1, 0.15) is 34.2 Å². The summed E-state index contributed by atoms with van der Waals surface area (Å²) in [6.45, 7) is 5.45. The molecule has 0 radical (unpaired) electrons. The molecule has 0 atom stereocenters. The van der Waals surface area contributed by atoms with Gasteiger partial charge in [0.1, 0.15) is 5.82 Å². The van der Waals surface area contributed by atoms with Crippen molar-refractivity contribution in [1.29, 1.82) is 0 Å². The average Bonchev–Trinajstić information content (AvgIpc) is 2.98. The van der Waals surface area contributed by atoms with Gasteiger partial charge in [-0.3, -0.25) is 14.6 Å². The highest BCUT2D eigenvalue weighted by Crippen LogP contribution is 2.17. The molecule has 0 spiro atoms. The van der Waals surface area contributed by atoms with Crippen LogP contribution in [0, 0.1) is 13.8 Å². The number of aromatic amines is 1. The molecule has 26 heavy (non-hydrogen) atoms. The number of amides is 1. The second kappa shape index (κ2) is 7.13. The van der Waals surface area contributed by atoms with E-state index in [1.807, 2.05) is 6.92 Å². The highest BCUT2D eigenvalue weighted by Gasteiger charge is 2.15. The van der Waals surface area contributed by atoms with Crippen LogP contribution in [0.2, 0.25) is 5.02 Å². The Morgan fingerprint density at radius 2 is 1.96 bits per heavy atom. The smallest absolute Gasteiger partial charge is 0.256 e. The Bertz CT molecular complexity index is 1020. The highest BCUT2D eigenvalue weighted by molar-refractivity contribution is 6.30. The van der Waals surface area contributed by atoms with E-state index in [2.05, 4.69) is 20.4 Å². The fourth-order valence-corrected chi connectivity index (χ4v) is 2.68. The van der Waals surface area contributed by atoms with E-state index in [0.29, 0.717) is 39.8 Å². The van der Waals surface area contributed by atoms with Gasteiger partial charge in [-0.15, -0.1) is 0 Å². The number of carbonyl (C=O) groups is 1. The van der Waals surface area contributed by atoms with E-state index >= 15 is 0 Å². The van der Waals surface area contributed by atoms with E-state index in [-0.39, 0.29) is 17.4 Å². The van der Waals surface area contributed by atoms with Gasteiger partial charge in [0.2, 0.25) is 5.95 Å². The van der Waals surface area contributed by atoms with Crippen molar-refractivity contribution in [2.24, 2.45) is 0 Å². The Labute approximate surface area is 155 Å². The van der Waals surface area contributed by atoms with Crippen molar-refractivity contribution < 1.29 is 4.79 Å². The van der Waals surface area contributed by atoms with E-state index in [1.54, 1.807) is 44.2 Å². The Balaban J connectivity index is 1.99. The molecule has 8 heteroatoms. The van der Waals surface area contributed by atoms with Crippen LogP contribution in [-0.4, -0.2) is 25.7 Å². The minimum absolute atomic E-state index is 0.227. The molecule has 0 fully saturated rings. The predicted octanol–water partition coefficient (Wildman–Crippen LogP) is 3.04. The maximum atomic E-state index is 12.5. The van der Waals surface area contributed by atoms with Gasteiger partial charge in [-0.1, -0.05) is 18.5 Å². The van der Waals surface area contributed by atoms with E-state index in [9.17, 15) is 9.59 Å². The summed E-state index contributed by atoms with van der Waals surface area (Å²) < 4.78 is 1.42. The van der Waals surface area contributed by atoms with Crippen molar-refractivity contribution >= 4 is 23.3 Å². The van der Waals surface area contributed by atoms with Gasteiger partial charge in [0, 0.05) is 22.2 Å². The number of H-pyrrole nitrogens is 1. The number of benzene rings is 1. The quantitative estimate of drug-likeness (QED) is 0.737. The third-order valence-electron chi connectivity index (χ3n) is 3.95. The second-order valence-corrected chi connectivity index (χ2v) is 6.29. The third kappa shape index (κ3) is 3.52. The normalized spacial score (nSPS) is 10.8. The Kier molecular flexibility index (Phi) is 4.90. The lowest BCUT2D eigenvalue weighted by Crippen LogP contribution is -2.21. The summed E-state index contributed by atoms with van der Waals surface area (Å²) >= 11 is 5.85. The lowest BCUT2D eigenvalue weighted by Gasteiger charge is -2.10. The predicted molar refractivity (Wildman–Crippen MR) is 100 cm³/mol. The number of rotatable bonds is 4. The van der Waals surface area contributed by atoms with Crippen molar-refractivity contribution in [1.82, 2.24) is 19.7 Å². The summed E-state index contributed by atoms with van der Waals surface area (Å²) in [7, 11) is 0. The molecule has 7 nitrogen and oxygen atoms in total. The molecular formula is C18H18ClN5O2. The molecule has 0 aliphatic heterocycles. The fourth-order valence-electron chi connectivity index (χ4n) is 2.55. The molecule has 0 bridgehead atoms. The van der Waals surface area contributed by atoms with Crippen molar-refractivity contribution in [3.05, 3.63) is 68.2 Å². The summed E-state index contributed by atoms with van der Waals surface area (Å²) in [5.74, 6) is 0.362. The molecule has 3 rings (SSSR count). The van der Waals surface area contributed by atoms with Crippen LogP contribution in [0.25, 0.3) is 5.95 Å². The number of hydrogen-bond acceptors (Lipinski definition) is 4. The Morgan fingerprint density at radius 3 is 2.62 bits per heavy atom. The first kappa shape index (κ1) is 17.9. The van der Waals surface area contributed by atoms with Gasteiger partial charge in [-0.05, 0) is 44.5 Å². The number of nitrogens with zero attached hydrogens (tertiary/aromatic N) is 3. The van der Waals surface area contributed by atoms with Gasteiger partial charge in [0.25, 0.3) is 11.5 Å². The first-order valence-corrected chi connectivity index (χ1v) is 8.50. The molecule has 1 aromatic carbocycles. The van der Waals surface area contributed by atoms with Gasteiger partial charge >= 0.3 is 0 Å². The number of aryl methyl sites for hydroxylation is 2. The molecule has 2 heterocycles. The summed E-state index contributed by atoms with van der Waals surface area (Å²) in [5.41, 5.74) is 2.17. The van der Waals surface area contributed by atoms with Gasteiger partial charge < -0.3 is 5.32 Å². The Hall–Kier alpha value is -2.93. The number of aromatic nitrogens is 4. The fraction of sp³-hybridized carbons (Fsp3) is 0.222. The van der Waals surface area contributed by atoms with Gasteiger partial charge in [-0.25, -0.2) is 4.98 Å². The monoisotopic (exact) mass is 371 g/mol. The minimum atomic E-state index is -0.312. The van der Waals surface area contributed by atoms with Gasteiger partial charge in [-0.2, -0.15) is 9.78 Å². The molecule has 2 N–H and O–H groups in total. The first-order valence-electron chi connectivity index (χ1n) is 8.12. The van der Waals surface area contributed by atoms with Gasteiger partial charge in [0.15, 0.2) is 0 Å². The molecule has 0 saturated heterocycles. The summed E-state index contributed by atoms with van der Waals surface area (Å²) in [4.78, 5) is 31.8. The number of anilines is 1. The highest BCUT2D eigenvalue weighted by atomic mass is 35.5. The van der Waals surface area contributed by atoms with E-state index < -0.39 is 0 Å². The summed E-state index contributed by atoms with van der Waals surface area (Å²) in [5, 5.41) is 7.68. The molecule has 2 aromatic heterocycles.